The van der Waals surface area contributed by atoms with Crippen molar-refractivity contribution < 1.29 is 4.74 Å². The zero-order chi connectivity index (χ0) is 13.8. The van der Waals surface area contributed by atoms with Crippen LogP contribution in [0.1, 0.15) is 42.5 Å². The van der Waals surface area contributed by atoms with Crippen molar-refractivity contribution in [2.75, 3.05) is 19.7 Å². The van der Waals surface area contributed by atoms with Gasteiger partial charge in [0.1, 0.15) is 6.10 Å². The Bertz CT molecular complexity index is 517. The Morgan fingerprint density at radius 3 is 3.25 bits per heavy atom. The molecular weight excluding hydrogens is 270 g/mol. The molecule has 2 aromatic rings. The third-order valence-corrected chi connectivity index (χ3v) is 4.70. The van der Waals surface area contributed by atoms with Gasteiger partial charge in [-0.05, 0) is 17.9 Å². The smallest absolute Gasteiger partial charge is 0.111 e. The Balaban J connectivity index is 1.89. The number of nitrogens with one attached hydrogen (secondary N) is 1. The van der Waals surface area contributed by atoms with E-state index in [0.29, 0.717) is 6.04 Å². The van der Waals surface area contributed by atoms with E-state index >= 15 is 0 Å². The Morgan fingerprint density at radius 2 is 2.55 bits per heavy atom. The zero-order valence-corrected chi connectivity index (χ0v) is 12.6. The molecule has 1 aliphatic rings. The lowest BCUT2D eigenvalue weighted by atomic mass is 10.1. The summed E-state index contributed by atoms with van der Waals surface area (Å²) in [5.41, 5.74) is 1.18. The van der Waals surface area contributed by atoms with E-state index in [0.717, 1.165) is 32.5 Å². The van der Waals surface area contributed by atoms with Crippen LogP contribution in [0.15, 0.2) is 30.0 Å². The number of nitrogens with zero attached hydrogens (tertiary/aromatic N) is 2. The van der Waals surface area contributed by atoms with Gasteiger partial charge in [0.25, 0.3) is 0 Å². The molecule has 2 aromatic heterocycles. The van der Waals surface area contributed by atoms with E-state index in [1.165, 1.54) is 10.6 Å². The molecule has 2 unspecified atom stereocenters. The van der Waals surface area contributed by atoms with Crippen molar-refractivity contribution in [1.29, 1.82) is 0 Å². The molecule has 0 spiro atoms. The monoisotopic (exact) mass is 291 g/mol. The van der Waals surface area contributed by atoms with E-state index in [1.54, 1.807) is 0 Å². The lowest BCUT2D eigenvalue weighted by Crippen LogP contribution is -2.34. The van der Waals surface area contributed by atoms with Gasteiger partial charge in [-0.2, -0.15) is 0 Å². The van der Waals surface area contributed by atoms with Crippen LogP contribution in [-0.4, -0.2) is 29.2 Å². The molecule has 1 aliphatic heterocycles. The summed E-state index contributed by atoms with van der Waals surface area (Å²) in [5, 5.41) is 5.54. The number of thiophene rings is 1. The Kier molecular flexibility index (Phi) is 4.50. The first-order valence-electron chi connectivity index (χ1n) is 7.27. The summed E-state index contributed by atoms with van der Waals surface area (Å²) in [6, 6.07) is 4.72. The number of imidazole rings is 1. The average molecular weight is 291 g/mol. The fraction of sp³-hybridized carbons (Fsp3) is 0.533. The molecule has 4 nitrogen and oxygen atoms in total. The summed E-state index contributed by atoms with van der Waals surface area (Å²) in [6.45, 7) is 4.81. The topological polar surface area (TPSA) is 39.1 Å². The normalized spacial score (nSPS) is 20.9. The number of rotatable bonds is 5. The van der Waals surface area contributed by atoms with Crippen LogP contribution in [0.25, 0.3) is 0 Å². The number of morpholine rings is 1. The van der Waals surface area contributed by atoms with Crippen molar-refractivity contribution in [3.8, 4) is 0 Å². The second-order valence-electron chi connectivity index (χ2n) is 5.11. The number of hydrogen-bond acceptors (Lipinski definition) is 4. The van der Waals surface area contributed by atoms with Crippen molar-refractivity contribution in [3.05, 3.63) is 40.6 Å². The highest BCUT2D eigenvalue weighted by molar-refractivity contribution is 7.10. The standard InChI is InChI=1S/C15H21N3OS/c1-2-4-12(15-5-3-8-20-15)18-11-17-9-13(18)14-10-16-6-7-19-14/h3,5,8-9,11-12,14,16H,2,4,6-7,10H2,1H3. The fourth-order valence-corrected chi connectivity index (χ4v) is 3.61. The van der Waals surface area contributed by atoms with Crippen molar-refractivity contribution in [1.82, 2.24) is 14.9 Å². The highest BCUT2D eigenvalue weighted by Crippen LogP contribution is 2.31. The molecule has 5 heteroatoms. The molecule has 1 fully saturated rings. The third kappa shape index (κ3) is 2.80. The Hall–Kier alpha value is -1.17. The predicted octanol–water partition coefficient (Wildman–Crippen LogP) is 3.00. The summed E-state index contributed by atoms with van der Waals surface area (Å²) in [4.78, 5) is 5.77. The van der Waals surface area contributed by atoms with E-state index in [4.69, 9.17) is 4.74 Å². The summed E-state index contributed by atoms with van der Waals surface area (Å²) >= 11 is 1.82. The summed E-state index contributed by atoms with van der Waals surface area (Å²) in [5.74, 6) is 0. The Morgan fingerprint density at radius 1 is 1.60 bits per heavy atom. The molecule has 0 aliphatic carbocycles. The average Bonchev–Trinajstić information content (AvgIpc) is 3.17. The molecule has 0 amide bonds. The molecule has 20 heavy (non-hydrogen) atoms. The molecule has 3 heterocycles. The highest BCUT2D eigenvalue weighted by atomic mass is 32.1. The van der Waals surface area contributed by atoms with Crippen LogP contribution in [0.2, 0.25) is 0 Å². The maximum Gasteiger partial charge on any atom is 0.111 e. The van der Waals surface area contributed by atoms with Gasteiger partial charge in [-0.25, -0.2) is 4.98 Å². The largest absolute Gasteiger partial charge is 0.369 e. The van der Waals surface area contributed by atoms with Gasteiger partial charge in [-0.3, -0.25) is 0 Å². The van der Waals surface area contributed by atoms with Gasteiger partial charge in [0, 0.05) is 18.0 Å². The molecular formula is C15H21N3OS. The van der Waals surface area contributed by atoms with Crippen molar-refractivity contribution >= 4 is 11.3 Å². The van der Waals surface area contributed by atoms with E-state index in [9.17, 15) is 0 Å². The van der Waals surface area contributed by atoms with Gasteiger partial charge >= 0.3 is 0 Å². The maximum atomic E-state index is 5.89. The first-order valence-corrected chi connectivity index (χ1v) is 8.15. The zero-order valence-electron chi connectivity index (χ0n) is 11.8. The van der Waals surface area contributed by atoms with Crippen LogP contribution in [0.4, 0.5) is 0 Å². The SMILES string of the molecule is CCCC(c1cccs1)n1cncc1C1CNCCO1. The quantitative estimate of drug-likeness (QED) is 0.920. The minimum absolute atomic E-state index is 0.116. The number of aromatic nitrogens is 2. The first kappa shape index (κ1) is 13.8. The number of hydrogen-bond donors (Lipinski definition) is 1. The lowest BCUT2D eigenvalue weighted by Gasteiger charge is -2.27. The van der Waals surface area contributed by atoms with Crippen molar-refractivity contribution in [3.63, 3.8) is 0 Å². The minimum Gasteiger partial charge on any atom is -0.369 e. The van der Waals surface area contributed by atoms with E-state index in [2.05, 4.69) is 39.3 Å². The number of ether oxygens (including phenoxy) is 1. The lowest BCUT2D eigenvalue weighted by molar-refractivity contribution is 0.0222. The maximum absolute atomic E-state index is 5.89. The first-order chi connectivity index (χ1) is 9.90. The van der Waals surface area contributed by atoms with Crippen LogP contribution in [0, 0.1) is 0 Å². The van der Waals surface area contributed by atoms with Gasteiger partial charge < -0.3 is 14.6 Å². The van der Waals surface area contributed by atoms with E-state index < -0.39 is 0 Å². The Labute approximate surface area is 123 Å². The third-order valence-electron chi connectivity index (χ3n) is 3.72. The summed E-state index contributed by atoms with van der Waals surface area (Å²) in [7, 11) is 0. The second-order valence-corrected chi connectivity index (χ2v) is 6.09. The van der Waals surface area contributed by atoms with Crippen LogP contribution in [0.3, 0.4) is 0 Å². The van der Waals surface area contributed by atoms with Gasteiger partial charge in [-0.1, -0.05) is 19.4 Å². The second kappa shape index (κ2) is 6.52. The summed E-state index contributed by atoms with van der Waals surface area (Å²) < 4.78 is 8.19. The molecule has 1 N–H and O–H groups in total. The van der Waals surface area contributed by atoms with E-state index in [-0.39, 0.29) is 6.10 Å². The van der Waals surface area contributed by atoms with Gasteiger partial charge in [0.2, 0.25) is 0 Å². The van der Waals surface area contributed by atoms with Gasteiger partial charge in [-0.15, -0.1) is 11.3 Å². The van der Waals surface area contributed by atoms with Crippen molar-refractivity contribution in [2.24, 2.45) is 0 Å². The predicted molar refractivity (Wildman–Crippen MR) is 81.2 cm³/mol. The molecule has 2 atom stereocenters. The van der Waals surface area contributed by atoms with Crippen LogP contribution in [0.5, 0.6) is 0 Å². The van der Waals surface area contributed by atoms with Crippen LogP contribution >= 0.6 is 11.3 Å². The highest BCUT2D eigenvalue weighted by Gasteiger charge is 2.24. The summed E-state index contributed by atoms with van der Waals surface area (Å²) in [6.07, 6.45) is 6.31. The molecule has 108 valence electrons. The minimum atomic E-state index is 0.116. The molecule has 1 saturated heterocycles. The van der Waals surface area contributed by atoms with Gasteiger partial charge in [0.05, 0.1) is 30.9 Å². The molecule has 0 aromatic carbocycles. The molecule has 0 radical (unpaired) electrons. The molecule has 0 bridgehead atoms. The molecule has 3 rings (SSSR count). The van der Waals surface area contributed by atoms with Crippen LogP contribution < -0.4 is 5.32 Å². The van der Waals surface area contributed by atoms with Crippen LogP contribution in [-0.2, 0) is 4.74 Å². The van der Waals surface area contributed by atoms with E-state index in [1.807, 2.05) is 23.9 Å². The fourth-order valence-electron chi connectivity index (χ4n) is 2.75. The van der Waals surface area contributed by atoms with Gasteiger partial charge in [0.15, 0.2) is 0 Å². The van der Waals surface area contributed by atoms with Crippen molar-refractivity contribution in [2.45, 2.75) is 31.9 Å². The molecule has 0 saturated carbocycles.